The minimum absolute atomic E-state index is 0.0567. The molecule has 2 rings (SSSR count). The van der Waals surface area contributed by atoms with Gasteiger partial charge in [0.2, 0.25) is 0 Å². The summed E-state index contributed by atoms with van der Waals surface area (Å²) in [6, 6.07) is 4.82. The Labute approximate surface area is 122 Å². The highest BCUT2D eigenvalue weighted by atomic mass is 16.6. The zero-order valence-corrected chi connectivity index (χ0v) is 11.7. The molecule has 0 amide bonds. The van der Waals surface area contributed by atoms with Gasteiger partial charge in [0.15, 0.2) is 0 Å². The highest BCUT2D eigenvalue weighted by molar-refractivity contribution is 5.73. The molecule has 0 radical (unpaired) electrons. The first-order valence-electron chi connectivity index (χ1n) is 6.60. The van der Waals surface area contributed by atoms with Crippen LogP contribution in [-0.4, -0.2) is 36.0 Å². The molecule has 21 heavy (non-hydrogen) atoms. The summed E-state index contributed by atoms with van der Waals surface area (Å²) >= 11 is 0. The van der Waals surface area contributed by atoms with Crippen molar-refractivity contribution >= 4 is 17.3 Å². The molecule has 114 valence electrons. The third-order valence-corrected chi connectivity index (χ3v) is 3.67. The number of nitrogens with one attached hydrogen (secondary N) is 1. The van der Waals surface area contributed by atoms with Crippen molar-refractivity contribution in [2.75, 3.05) is 25.6 Å². The number of nitro benzene ring substituents is 1. The summed E-state index contributed by atoms with van der Waals surface area (Å²) in [7, 11) is 1.38. The third kappa shape index (κ3) is 3.29. The number of methoxy groups -OCH3 is 1. The van der Waals surface area contributed by atoms with Crippen molar-refractivity contribution in [3.8, 4) is 0 Å². The Balaban J connectivity index is 2.12. The van der Waals surface area contributed by atoms with Crippen LogP contribution in [0.1, 0.15) is 12.0 Å². The fraction of sp³-hybridized carbons (Fsp3) is 0.462. The van der Waals surface area contributed by atoms with Crippen LogP contribution in [0, 0.1) is 16.0 Å². The number of nitrogen functional groups attached to an aromatic ring is 1. The van der Waals surface area contributed by atoms with E-state index in [0.29, 0.717) is 18.8 Å². The van der Waals surface area contributed by atoms with Gasteiger partial charge >= 0.3 is 5.97 Å². The van der Waals surface area contributed by atoms with E-state index in [2.05, 4.69) is 10.3 Å². The van der Waals surface area contributed by atoms with E-state index in [9.17, 15) is 14.9 Å². The average Bonchev–Trinajstić information content (AvgIpc) is 2.94. The van der Waals surface area contributed by atoms with Crippen molar-refractivity contribution in [2.45, 2.75) is 13.0 Å². The Morgan fingerprint density at radius 1 is 1.62 bits per heavy atom. The Morgan fingerprint density at radius 3 is 3.00 bits per heavy atom. The number of likely N-dealkylation sites (tertiary alicyclic amines) is 1. The summed E-state index contributed by atoms with van der Waals surface area (Å²) in [6.07, 6.45) is 0.729. The first-order chi connectivity index (χ1) is 10.1. The van der Waals surface area contributed by atoms with Gasteiger partial charge in [0.25, 0.3) is 5.69 Å². The van der Waals surface area contributed by atoms with Crippen LogP contribution in [0.25, 0.3) is 0 Å². The maximum Gasteiger partial charge on any atom is 0.310 e. The smallest absolute Gasteiger partial charge is 0.310 e. The first kappa shape index (κ1) is 15.2. The molecular formula is C13H18N4O4. The maximum absolute atomic E-state index is 11.5. The second-order valence-electron chi connectivity index (χ2n) is 4.96. The molecular weight excluding hydrogens is 276 g/mol. The monoisotopic (exact) mass is 294 g/mol. The molecule has 0 aliphatic carbocycles. The van der Waals surface area contributed by atoms with Crippen molar-refractivity contribution in [3.05, 3.63) is 33.9 Å². The molecule has 1 heterocycles. The molecule has 0 saturated carbocycles. The predicted molar refractivity (Wildman–Crippen MR) is 76.3 cm³/mol. The zero-order valence-electron chi connectivity index (χ0n) is 11.7. The lowest BCUT2D eigenvalue weighted by Crippen LogP contribution is -2.24. The highest BCUT2D eigenvalue weighted by Crippen LogP contribution is 2.29. The van der Waals surface area contributed by atoms with E-state index >= 15 is 0 Å². The van der Waals surface area contributed by atoms with Crippen LogP contribution in [0.4, 0.5) is 11.4 Å². The van der Waals surface area contributed by atoms with E-state index in [4.69, 9.17) is 10.6 Å². The number of hydrogen-bond donors (Lipinski definition) is 2. The van der Waals surface area contributed by atoms with Crippen LogP contribution >= 0.6 is 0 Å². The number of benzene rings is 1. The van der Waals surface area contributed by atoms with Gasteiger partial charge in [0, 0.05) is 19.2 Å². The van der Waals surface area contributed by atoms with Crippen LogP contribution in [0.15, 0.2) is 18.2 Å². The minimum atomic E-state index is -0.472. The number of nitrogens with two attached hydrogens (primary N) is 1. The fourth-order valence-corrected chi connectivity index (χ4v) is 2.61. The van der Waals surface area contributed by atoms with Crippen LogP contribution in [0.2, 0.25) is 0 Å². The molecule has 8 heteroatoms. The van der Waals surface area contributed by atoms with Gasteiger partial charge in [-0.05, 0) is 18.5 Å². The summed E-state index contributed by atoms with van der Waals surface area (Å²) in [5, 5.41) is 11.0. The molecule has 1 saturated heterocycles. The van der Waals surface area contributed by atoms with E-state index in [0.717, 1.165) is 18.5 Å². The number of ether oxygens (including phenoxy) is 1. The largest absolute Gasteiger partial charge is 0.469 e. The lowest BCUT2D eigenvalue weighted by molar-refractivity contribution is -0.384. The van der Waals surface area contributed by atoms with Crippen LogP contribution in [0.5, 0.6) is 0 Å². The number of para-hydroxylation sites is 1. The van der Waals surface area contributed by atoms with Gasteiger partial charge in [-0.3, -0.25) is 25.7 Å². The first-order valence-corrected chi connectivity index (χ1v) is 6.60. The van der Waals surface area contributed by atoms with E-state index < -0.39 is 4.92 Å². The average molecular weight is 294 g/mol. The molecule has 3 N–H and O–H groups in total. The zero-order chi connectivity index (χ0) is 15.4. The number of carbonyl (C=O) groups is 1. The number of esters is 1. The molecule has 0 aromatic heterocycles. The van der Waals surface area contributed by atoms with Crippen molar-refractivity contribution < 1.29 is 14.5 Å². The number of hydrazine groups is 1. The molecule has 0 spiro atoms. The predicted octanol–water partition coefficient (Wildman–Crippen LogP) is 0.875. The standard InChI is InChI=1S/C13H18N4O4/c1-21-13(18)10-5-6-16(8-10)7-9-3-2-4-11(17(19)20)12(9)15-14/h2-4,10,15H,5-8,14H2,1H3. The summed E-state index contributed by atoms with van der Waals surface area (Å²) < 4.78 is 4.74. The van der Waals surface area contributed by atoms with E-state index in [1.165, 1.54) is 13.2 Å². The van der Waals surface area contributed by atoms with Gasteiger partial charge in [0.1, 0.15) is 5.69 Å². The van der Waals surface area contributed by atoms with Gasteiger partial charge < -0.3 is 10.2 Å². The number of carbonyl (C=O) groups excluding carboxylic acids is 1. The van der Waals surface area contributed by atoms with Gasteiger partial charge in [-0.2, -0.15) is 0 Å². The molecule has 8 nitrogen and oxygen atoms in total. The Hall–Kier alpha value is -2.19. The SMILES string of the molecule is COC(=O)C1CCN(Cc2cccc([N+](=O)[O-])c2NN)C1. The van der Waals surface area contributed by atoms with Gasteiger partial charge in [0.05, 0.1) is 18.0 Å². The number of rotatable bonds is 5. The second kappa shape index (κ2) is 6.51. The number of nitrogens with zero attached hydrogens (tertiary/aromatic N) is 2. The number of hydrogen-bond acceptors (Lipinski definition) is 7. The summed E-state index contributed by atoms with van der Waals surface area (Å²) in [5.74, 6) is 5.06. The van der Waals surface area contributed by atoms with Crippen molar-refractivity contribution in [1.82, 2.24) is 4.90 Å². The van der Waals surface area contributed by atoms with Crippen LogP contribution < -0.4 is 11.3 Å². The Kier molecular flexibility index (Phi) is 4.71. The van der Waals surface area contributed by atoms with Crippen LogP contribution in [0.3, 0.4) is 0 Å². The molecule has 1 aromatic carbocycles. The quantitative estimate of drug-likeness (QED) is 0.359. The number of nitro groups is 1. The maximum atomic E-state index is 11.5. The van der Waals surface area contributed by atoms with Gasteiger partial charge in [-0.25, -0.2) is 0 Å². The topological polar surface area (TPSA) is 111 Å². The Bertz CT molecular complexity index is 549. The van der Waals surface area contributed by atoms with Gasteiger partial charge in [-0.1, -0.05) is 12.1 Å². The third-order valence-electron chi connectivity index (χ3n) is 3.67. The van der Waals surface area contributed by atoms with Crippen molar-refractivity contribution in [2.24, 2.45) is 11.8 Å². The Morgan fingerprint density at radius 2 is 2.38 bits per heavy atom. The molecule has 0 bridgehead atoms. The summed E-state index contributed by atoms with van der Waals surface area (Å²) in [4.78, 5) is 24.1. The van der Waals surface area contributed by atoms with Gasteiger partial charge in [-0.15, -0.1) is 0 Å². The van der Waals surface area contributed by atoms with Crippen molar-refractivity contribution in [1.29, 1.82) is 0 Å². The van der Waals surface area contributed by atoms with E-state index in [1.54, 1.807) is 12.1 Å². The number of anilines is 1. The molecule has 1 unspecified atom stereocenters. The molecule has 1 aliphatic heterocycles. The molecule has 1 aliphatic rings. The lowest BCUT2D eigenvalue weighted by atomic mass is 10.1. The summed E-state index contributed by atoms with van der Waals surface area (Å²) in [5.41, 5.74) is 3.39. The van der Waals surface area contributed by atoms with E-state index in [-0.39, 0.29) is 17.6 Å². The molecule has 1 fully saturated rings. The van der Waals surface area contributed by atoms with Crippen LogP contribution in [-0.2, 0) is 16.1 Å². The molecule has 1 atom stereocenters. The second-order valence-corrected chi connectivity index (χ2v) is 4.96. The normalized spacial score (nSPS) is 18.5. The minimum Gasteiger partial charge on any atom is -0.469 e. The highest BCUT2D eigenvalue weighted by Gasteiger charge is 2.29. The summed E-state index contributed by atoms with van der Waals surface area (Å²) in [6.45, 7) is 1.82. The van der Waals surface area contributed by atoms with Crippen molar-refractivity contribution in [3.63, 3.8) is 0 Å². The fourth-order valence-electron chi connectivity index (χ4n) is 2.61. The lowest BCUT2D eigenvalue weighted by Gasteiger charge is -2.17. The molecule has 1 aromatic rings. The van der Waals surface area contributed by atoms with E-state index in [1.807, 2.05) is 0 Å².